The van der Waals surface area contributed by atoms with E-state index in [9.17, 15) is 4.79 Å². The molecule has 1 amide bonds. The van der Waals surface area contributed by atoms with Gasteiger partial charge in [0.05, 0.1) is 12.2 Å². The Balaban J connectivity index is 1.91. The Morgan fingerprint density at radius 3 is 2.55 bits per heavy atom. The molecule has 0 unspecified atom stereocenters. The first-order valence-corrected chi connectivity index (χ1v) is 7.80. The Labute approximate surface area is 132 Å². The van der Waals surface area contributed by atoms with Crippen molar-refractivity contribution >= 4 is 6.09 Å². The Kier molecular flexibility index (Phi) is 4.80. The number of rotatable bonds is 2. The van der Waals surface area contributed by atoms with E-state index < -0.39 is 5.60 Å². The molecule has 0 bridgehead atoms. The van der Waals surface area contributed by atoms with Gasteiger partial charge in [-0.25, -0.2) is 9.78 Å². The fourth-order valence-electron chi connectivity index (χ4n) is 2.57. The minimum absolute atomic E-state index is 0.112. The SMILES string of the molecule is Cc1nc(CN2CCN(C(=O)OC(C)(C)C)[C@@H](C)C2)oc1C. The molecule has 0 N–H and O–H groups in total. The number of carbonyl (C=O) groups is 1. The highest BCUT2D eigenvalue weighted by atomic mass is 16.6. The monoisotopic (exact) mass is 309 g/mol. The number of piperazine rings is 1. The van der Waals surface area contributed by atoms with Crippen molar-refractivity contribution in [3.63, 3.8) is 0 Å². The predicted molar refractivity (Wildman–Crippen MR) is 83.7 cm³/mol. The average molecular weight is 309 g/mol. The summed E-state index contributed by atoms with van der Waals surface area (Å²) in [4.78, 5) is 20.7. The highest BCUT2D eigenvalue weighted by molar-refractivity contribution is 5.68. The number of aromatic nitrogens is 1. The first-order valence-electron chi connectivity index (χ1n) is 7.80. The quantitative estimate of drug-likeness (QED) is 0.840. The van der Waals surface area contributed by atoms with Crippen LogP contribution in [0.1, 0.15) is 45.0 Å². The molecule has 2 heterocycles. The van der Waals surface area contributed by atoms with Crippen molar-refractivity contribution in [1.29, 1.82) is 0 Å². The van der Waals surface area contributed by atoms with Gasteiger partial charge < -0.3 is 14.1 Å². The molecule has 0 spiro atoms. The van der Waals surface area contributed by atoms with Gasteiger partial charge in [-0.2, -0.15) is 0 Å². The van der Waals surface area contributed by atoms with Crippen LogP contribution in [0.3, 0.4) is 0 Å². The molecule has 1 aromatic heterocycles. The Hall–Kier alpha value is -1.56. The summed E-state index contributed by atoms with van der Waals surface area (Å²) in [6, 6.07) is 0.112. The fourth-order valence-corrected chi connectivity index (χ4v) is 2.57. The summed E-state index contributed by atoms with van der Waals surface area (Å²) in [5.41, 5.74) is 0.483. The summed E-state index contributed by atoms with van der Waals surface area (Å²) in [7, 11) is 0. The first kappa shape index (κ1) is 16.8. The van der Waals surface area contributed by atoms with Gasteiger partial charge in [0, 0.05) is 25.7 Å². The number of aryl methyl sites for hydroxylation is 2. The van der Waals surface area contributed by atoms with Gasteiger partial charge in [0.1, 0.15) is 11.4 Å². The summed E-state index contributed by atoms with van der Waals surface area (Å²) in [6.07, 6.45) is -0.234. The maximum Gasteiger partial charge on any atom is 0.410 e. The minimum Gasteiger partial charge on any atom is -0.444 e. The van der Waals surface area contributed by atoms with E-state index in [2.05, 4.69) is 9.88 Å². The fraction of sp³-hybridized carbons (Fsp3) is 0.750. The van der Waals surface area contributed by atoms with Gasteiger partial charge in [0.2, 0.25) is 5.89 Å². The van der Waals surface area contributed by atoms with E-state index in [-0.39, 0.29) is 12.1 Å². The molecular formula is C16H27N3O3. The zero-order valence-corrected chi connectivity index (χ0v) is 14.5. The van der Waals surface area contributed by atoms with E-state index in [1.165, 1.54) is 0 Å². The van der Waals surface area contributed by atoms with Crippen molar-refractivity contribution in [1.82, 2.24) is 14.8 Å². The molecule has 22 heavy (non-hydrogen) atoms. The lowest BCUT2D eigenvalue weighted by Crippen LogP contribution is -2.54. The van der Waals surface area contributed by atoms with Gasteiger partial charge in [0.15, 0.2) is 0 Å². The molecule has 1 fully saturated rings. The van der Waals surface area contributed by atoms with Crippen LogP contribution in [0.5, 0.6) is 0 Å². The average Bonchev–Trinajstić information content (AvgIpc) is 2.65. The molecule has 1 aliphatic heterocycles. The van der Waals surface area contributed by atoms with Crippen LogP contribution in [0, 0.1) is 13.8 Å². The summed E-state index contributed by atoms with van der Waals surface area (Å²) in [5.74, 6) is 1.61. The van der Waals surface area contributed by atoms with Gasteiger partial charge in [0.25, 0.3) is 0 Å². The summed E-state index contributed by atoms with van der Waals surface area (Å²) in [5, 5.41) is 0. The van der Waals surface area contributed by atoms with Crippen LogP contribution < -0.4 is 0 Å². The predicted octanol–water partition coefficient (Wildman–Crippen LogP) is 2.73. The summed E-state index contributed by atoms with van der Waals surface area (Å²) < 4.78 is 11.1. The number of hydrogen-bond acceptors (Lipinski definition) is 5. The second-order valence-electron chi connectivity index (χ2n) is 7.01. The molecule has 1 atom stereocenters. The van der Waals surface area contributed by atoms with Crippen molar-refractivity contribution in [3.05, 3.63) is 17.3 Å². The van der Waals surface area contributed by atoms with Crippen molar-refractivity contribution in [3.8, 4) is 0 Å². The standard InChI is InChI=1S/C16H27N3O3/c1-11-9-18(10-14-17-12(2)13(3)21-14)7-8-19(11)15(20)22-16(4,5)6/h11H,7-10H2,1-6H3/t11-/m0/s1. The Morgan fingerprint density at radius 2 is 2.05 bits per heavy atom. The molecule has 1 aliphatic rings. The lowest BCUT2D eigenvalue weighted by Gasteiger charge is -2.39. The third kappa shape index (κ3) is 4.22. The van der Waals surface area contributed by atoms with Gasteiger partial charge >= 0.3 is 6.09 Å². The van der Waals surface area contributed by atoms with E-state index in [1.807, 2.05) is 41.5 Å². The minimum atomic E-state index is -0.457. The zero-order chi connectivity index (χ0) is 16.5. The van der Waals surface area contributed by atoms with Crippen molar-refractivity contribution in [2.75, 3.05) is 19.6 Å². The van der Waals surface area contributed by atoms with E-state index in [1.54, 1.807) is 4.90 Å². The normalized spacial score (nSPS) is 20.3. The largest absolute Gasteiger partial charge is 0.444 e. The van der Waals surface area contributed by atoms with Crippen LogP contribution in [-0.4, -0.2) is 52.2 Å². The van der Waals surface area contributed by atoms with E-state index in [4.69, 9.17) is 9.15 Å². The molecule has 0 aromatic carbocycles. The zero-order valence-electron chi connectivity index (χ0n) is 14.5. The van der Waals surface area contributed by atoms with E-state index in [0.29, 0.717) is 13.1 Å². The molecule has 1 aromatic rings. The van der Waals surface area contributed by atoms with Crippen LogP contribution >= 0.6 is 0 Å². The maximum atomic E-state index is 12.2. The molecular weight excluding hydrogens is 282 g/mol. The number of amides is 1. The number of carbonyl (C=O) groups excluding carboxylic acids is 1. The molecule has 1 saturated heterocycles. The van der Waals surface area contributed by atoms with Crippen LogP contribution in [0.2, 0.25) is 0 Å². The number of ether oxygens (including phenoxy) is 1. The van der Waals surface area contributed by atoms with E-state index in [0.717, 1.165) is 30.4 Å². The van der Waals surface area contributed by atoms with Gasteiger partial charge in [-0.05, 0) is 41.5 Å². The third-order valence-corrected chi connectivity index (χ3v) is 3.77. The molecule has 6 heteroatoms. The molecule has 0 aliphatic carbocycles. The van der Waals surface area contributed by atoms with Crippen molar-refractivity contribution < 1.29 is 13.9 Å². The second-order valence-corrected chi connectivity index (χ2v) is 7.01. The Morgan fingerprint density at radius 1 is 1.36 bits per heavy atom. The van der Waals surface area contributed by atoms with Crippen molar-refractivity contribution in [2.45, 2.75) is 59.7 Å². The number of hydrogen-bond donors (Lipinski definition) is 0. The molecule has 6 nitrogen and oxygen atoms in total. The summed E-state index contributed by atoms with van der Waals surface area (Å²) in [6.45, 7) is 14.5. The first-order chi connectivity index (χ1) is 10.2. The summed E-state index contributed by atoms with van der Waals surface area (Å²) >= 11 is 0. The smallest absolute Gasteiger partial charge is 0.410 e. The van der Waals surface area contributed by atoms with Gasteiger partial charge in [-0.1, -0.05) is 0 Å². The highest BCUT2D eigenvalue weighted by Crippen LogP contribution is 2.18. The van der Waals surface area contributed by atoms with Crippen molar-refractivity contribution in [2.24, 2.45) is 0 Å². The van der Waals surface area contributed by atoms with Gasteiger partial charge in [-0.15, -0.1) is 0 Å². The third-order valence-electron chi connectivity index (χ3n) is 3.77. The number of nitrogens with zero attached hydrogens (tertiary/aromatic N) is 3. The van der Waals surface area contributed by atoms with Crippen LogP contribution in [0.25, 0.3) is 0 Å². The van der Waals surface area contributed by atoms with Crippen LogP contribution in [-0.2, 0) is 11.3 Å². The molecule has 124 valence electrons. The van der Waals surface area contributed by atoms with Crippen LogP contribution in [0.4, 0.5) is 4.79 Å². The lowest BCUT2D eigenvalue weighted by atomic mass is 10.2. The molecule has 2 rings (SSSR count). The van der Waals surface area contributed by atoms with E-state index >= 15 is 0 Å². The topological polar surface area (TPSA) is 58.8 Å². The Bertz CT molecular complexity index is 514. The molecule has 0 saturated carbocycles. The molecule has 0 radical (unpaired) electrons. The second kappa shape index (κ2) is 6.28. The number of oxazole rings is 1. The van der Waals surface area contributed by atoms with Gasteiger partial charge in [-0.3, -0.25) is 4.90 Å². The lowest BCUT2D eigenvalue weighted by molar-refractivity contribution is -0.000277. The highest BCUT2D eigenvalue weighted by Gasteiger charge is 2.31. The van der Waals surface area contributed by atoms with Crippen LogP contribution in [0.15, 0.2) is 4.42 Å². The maximum absolute atomic E-state index is 12.2.